The van der Waals surface area contributed by atoms with Crippen LogP contribution in [-0.4, -0.2) is 31.9 Å². The largest absolute Gasteiger partial charge is 0.384 e. The summed E-state index contributed by atoms with van der Waals surface area (Å²) in [6.07, 6.45) is 2.30. The molecule has 1 atom stereocenters. The zero-order valence-corrected chi connectivity index (χ0v) is 18.7. The standard InChI is InChI=1S/C26H24N8O/c27-23(28)17-8-6-16(7-9-17)22-14-30-25(31-22)21(12-15-4-2-1-3-5-15)32-26(35)18-10-11-19-20(13-18)33-34-24(19)29/h1-11,13-14,21H,12H2,(H3,27,28)(H,30,31)(H,32,35)(H3,29,33,34)/t21-/m0/s1. The molecule has 0 aliphatic heterocycles. The molecule has 9 heteroatoms. The number of nitrogens with two attached hydrogens (primary N) is 2. The number of amides is 1. The van der Waals surface area contributed by atoms with Crippen LogP contribution in [0.15, 0.2) is 79.0 Å². The molecule has 2 heterocycles. The van der Waals surface area contributed by atoms with Gasteiger partial charge >= 0.3 is 0 Å². The van der Waals surface area contributed by atoms with Crippen LogP contribution >= 0.6 is 0 Å². The second kappa shape index (κ2) is 9.14. The van der Waals surface area contributed by atoms with Gasteiger partial charge < -0.3 is 21.8 Å². The van der Waals surface area contributed by atoms with Crippen LogP contribution in [0.4, 0.5) is 5.82 Å². The van der Waals surface area contributed by atoms with Crippen LogP contribution < -0.4 is 16.8 Å². The highest BCUT2D eigenvalue weighted by molar-refractivity contribution is 5.99. The molecule has 1 amide bonds. The highest BCUT2D eigenvalue weighted by Crippen LogP contribution is 2.24. The van der Waals surface area contributed by atoms with Crippen molar-refractivity contribution in [3.8, 4) is 11.3 Å². The van der Waals surface area contributed by atoms with Gasteiger partial charge in [-0.3, -0.25) is 15.3 Å². The van der Waals surface area contributed by atoms with Gasteiger partial charge in [-0.1, -0.05) is 54.6 Å². The lowest BCUT2D eigenvalue weighted by Gasteiger charge is -2.17. The third kappa shape index (κ3) is 4.60. The molecule has 0 unspecified atom stereocenters. The van der Waals surface area contributed by atoms with Crippen molar-refractivity contribution < 1.29 is 4.79 Å². The number of nitrogens with zero attached hydrogens (tertiary/aromatic N) is 2. The van der Waals surface area contributed by atoms with Crippen molar-refractivity contribution in [2.45, 2.75) is 12.5 Å². The normalized spacial score (nSPS) is 11.9. The minimum Gasteiger partial charge on any atom is -0.384 e. The number of aromatic amines is 2. The van der Waals surface area contributed by atoms with Crippen molar-refractivity contribution in [3.05, 3.63) is 102 Å². The summed E-state index contributed by atoms with van der Waals surface area (Å²) in [5, 5.41) is 18.3. The Bertz CT molecular complexity index is 1500. The van der Waals surface area contributed by atoms with Crippen molar-refractivity contribution in [1.29, 1.82) is 5.41 Å². The molecule has 3 aromatic carbocycles. The molecule has 0 aliphatic rings. The van der Waals surface area contributed by atoms with Gasteiger partial charge in [0.1, 0.15) is 11.7 Å². The summed E-state index contributed by atoms with van der Waals surface area (Å²) in [6.45, 7) is 0. The van der Waals surface area contributed by atoms with E-state index in [4.69, 9.17) is 16.9 Å². The quantitative estimate of drug-likeness (QED) is 0.160. The van der Waals surface area contributed by atoms with Crippen LogP contribution in [0, 0.1) is 5.41 Å². The van der Waals surface area contributed by atoms with E-state index in [0.717, 1.165) is 22.2 Å². The number of carbonyl (C=O) groups excluding carboxylic acids is 1. The predicted octanol–water partition coefficient (Wildman–Crippen LogP) is 3.53. The van der Waals surface area contributed by atoms with E-state index in [1.54, 1.807) is 36.5 Å². The third-order valence-electron chi connectivity index (χ3n) is 5.87. The van der Waals surface area contributed by atoms with Gasteiger partial charge in [-0.2, -0.15) is 5.10 Å². The molecule has 8 N–H and O–H groups in total. The monoisotopic (exact) mass is 464 g/mol. The van der Waals surface area contributed by atoms with Crippen molar-refractivity contribution in [3.63, 3.8) is 0 Å². The molecule has 2 aromatic heterocycles. The van der Waals surface area contributed by atoms with Crippen molar-refractivity contribution in [1.82, 2.24) is 25.5 Å². The Morgan fingerprint density at radius 2 is 1.77 bits per heavy atom. The first kappa shape index (κ1) is 21.9. The number of nitrogen functional groups attached to an aromatic ring is 2. The minimum absolute atomic E-state index is 0.0171. The molecule has 174 valence electrons. The third-order valence-corrected chi connectivity index (χ3v) is 5.87. The van der Waals surface area contributed by atoms with E-state index in [2.05, 4.69) is 25.5 Å². The van der Waals surface area contributed by atoms with Crippen LogP contribution in [0.1, 0.15) is 33.4 Å². The lowest BCUT2D eigenvalue weighted by molar-refractivity contribution is 0.0935. The van der Waals surface area contributed by atoms with E-state index in [-0.39, 0.29) is 11.7 Å². The number of amidine groups is 1. The molecule has 0 radical (unpaired) electrons. The van der Waals surface area contributed by atoms with Gasteiger partial charge in [0.15, 0.2) is 5.82 Å². The van der Waals surface area contributed by atoms with E-state index in [0.29, 0.717) is 34.7 Å². The van der Waals surface area contributed by atoms with Crippen LogP contribution in [0.5, 0.6) is 0 Å². The maximum atomic E-state index is 13.2. The maximum Gasteiger partial charge on any atom is 0.251 e. The Morgan fingerprint density at radius 3 is 2.51 bits per heavy atom. The van der Waals surface area contributed by atoms with Gasteiger partial charge in [0, 0.05) is 16.5 Å². The molecular formula is C26H24N8O. The number of anilines is 1. The highest BCUT2D eigenvalue weighted by atomic mass is 16.1. The second-order valence-electron chi connectivity index (χ2n) is 8.26. The van der Waals surface area contributed by atoms with Crippen LogP contribution in [0.25, 0.3) is 22.2 Å². The van der Waals surface area contributed by atoms with Crippen LogP contribution in [-0.2, 0) is 6.42 Å². The van der Waals surface area contributed by atoms with Crippen molar-refractivity contribution in [2.75, 3.05) is 5.73 Å². The number of aromatic nitrogens is 4. The number of H-pyrrole nitrogens is 2. The summed E-state index contributed by atoms with van der Waals surface area (Å²) in [4.78, 5) is 21.1. The predicted molar refractivity (Wildman–Crippen MR) is 136 cm³/mol. The summed E-state index contributed by atoms with van der Waals surface area (Å²) >= 11 is 0. The molecule has 0 spiro atoms. The number of hydrogen-bond acceptors (Lipinski definition) is 5. The number of nitrogens with one attached hydrogen (secondary N) is 4. The van der Waals surface area contributed by atoms with E-state index < -0.39 is 6.04 Å². The lowest BCUT2D eigenvalue weighted by atomic mass is 10.0. The number of carbonyl (C=O) groups is 1. The summed E-state index contributed by atoms with van der Waals surface area (Å²) in [6, 6.07) is 22.1. The fourth-order valence-electron chi connectivity index (χ4n) is 3.98. The van der Waals surface area contributed by atoms with Gasteiger partial charge in [-0.25, -0.2) is 4.98 Å². The molecule has 5 rings (SSSR count). The molecule has 0 aliphatic carbocycles. The lowest BCUT2D eigenvalue weighted by Crippen LogP contribution is -2.30. The maximum absolute atomic E-state index is 13.2. The average Bonchev–Trinajstić information content (AvgIpc) is 3.51. The van der Waals surface area contributed by atoms with E-state index in [9.17, 15) is 4.79 Å². The Hall–Kier alpha value is -4.92. The molecule has 0 bridgehead atoms. The molecule has 5 aromatic rings. The van der Waals surface area contributed by atoms with Gasteiger partial charge in [0.25, 0.3) is 5.91 Å². The Morgan fingerprint density at radius 1 is 1.03 bits per heavy atom. The van der Waals surface area contributed by atoms with Crippen molar-refractivity contribution in [2.24, 2.45) is 5.73 Å². The zero-order valence-electron chi connectivity index (χ0n) is 18.7. The molecule has 0 saturated carbocycles. The Balaban J connectivity index is 1.43. The fraction of sp³-hybridized carbons (Fsp3) is 0.0769. The first-order valence-electron chi connectivity index (χ1n) is 11.1. The Kier molecular flexibility index (Phi) is 5.72. The van der Waals surface area contributed by atoms with Gasteiger partial charge in [-0.05, 0) is 35.7 Å². The topological polar surface area (TPSA) is 162 Å². The summed E-state index contributed by atoms with van der Waals surface area (Å²) < 4.78 is 0. The molecule has 9 nitrogen and oxygen atoms in total. The molecule has 0 fully saturated rings. The number of hydrogen-bond donors (Lipinski definition) is 6. The SMILES string of the molecule is N=C(N)c1ccc(-c2cnc([C@H](Cc3ccccc3)NC(=O)c3ccc4c(N)n[nH]c4c3)[nH]2)cc1. The number of benzene rings is 3. The average molecular weight is 465 g/mol. The first-order valence-corrected chi connectivity index (χ1v) is 11.1. The van der Waals surface area contributed by atoms with Gasteiger partial charge in [0.2, 0.25) is 0 Å². The first-order chi connectivity index (χ1) is 17.0. The number of imidazole rings is 1. The molecule has 35 heavy (non-hydrogen) atoms. The zero-order chi connectivity index (χ0) is 24.4. The molecular weight excluding hydrogens is 440 g/mol. The molecule has 0 saturated heterocycles. The highest BCUT2D eigenvalue weighted by Gasteiger charge is 2.20. The van der Waals surface area contributed by atoms with Crippen LogP contribution in [0.3, 0.4) is 0 Å². The number of fused-ring (bicyclic) bond motifs is 1. The minimum atomic E-state index is -0.391. The summed E-state index contributed by atoms with van der Waals surface area (Å²) in [5.74, 6) is 0.821. The van der Waals surface area contributed by atoms with E-state index in [1.165, 1.54) is 0 Å². The summed E-state index contributed by atoms with van der Waals surface area (Å²) in [7, 11) is 0. The Labute approximate surface area is 201 Å². The van der Waals surface area contributed by atoms with E-state index >= 15 is 0 Å². The fourth-order valence-corrected chi connectivity index (χ4v) is 3.98. The summed E-state index contributed by atoms with van der Waals surface area (Å²) in [5.41, 5.74) is 16.0. The second-order valence-corrected chi connectivity index (χ2v) is 8.26. The number of rotatable bonds is 7. The van der Waals surface area contributed by atoms with Gasteiger partial charge in [0.05, 0.1) is 23.4 Å². The van der Waals surface area contributed by atoms with Crippen LogP contribution in [0.2, 0.25) is 0 Å². The van der Waals surface area contributed by atoms with Crippen molar-refractivity contribution >= 4 is 28.5 Å². The smallest absolute Gasteiger partial charge is 0.251 e. The van der Waals surface area contributed by atoms with E-state index in [1.807, 2.05) is 42.5 Å². The van der Waals surface area contributed by atoms with Gasteiger partial charge in [-0.15, -0.1) is 0 Å².